The van der Waals surface area contributed by atoms with Gasteiger partial charge in [-0.3, -0.25) is 0 Å². The van der Waals surface area contributed by atoms with Crippen molar-refractivity contribution in [3.05, 3.63) is 54.2 Å². The molecule has 0 fully saturated rings. The third-order valence-electron chi connectivity index (χ3n) is 3.89. The van der Waals surface area contributed by atoms with Gasteiger partial charge in [0.15, 0.2) is 0 Å². The molecule has 1 heterocycles. The minimum absolute atomic E-state index is 0.0146. The van der Waals surface area contributed by atoms with Crippen LogP contribution in [0.5, 0.6) is 5.75 Å². The minimum atomic E-state index is -1.03. The smallest absolute Gasteiger partial charge is 0.127 e. The Labute approximate surface area is 141 Å². The number of nitrogens with one attached hydrogen (secondary N) is 1. The van der Waals surface area contributed by atoms with Crippen LogP contribution in [0.2, 0.25) is 0 Å². The first-order chi connectivity index (χ1) is 11.5. The molecule has 0 spiro atoms. The fraction of sp³-hybridized carbons (Fsp3) is 0.250. The molecule has 0 saturated heterocycles. The van der Waals surface area contributed by atoms with Gasteiger partial charge in [0.25, 0.3) is 0 Å². The normalized spacial score (nSPS) is 11.1. The number of hydrogen-bond acceptors (Lipinski definition) is 3. The van der Waals surface area contributed by atoms with Gasteiger partial charge in [-0.05, 0) is 73.5 Å². The Morgan fingerprint density at radius 1 is 1.17 bits per heavy atom. The first-order valence-corrected chi connectivity index (χ1v) is 8.10. The van der Waals surface area contributed by atoms with Crippen LogP contribution in [0.4, 0.5) is 0 Å². The Kier molecular flexibility index (Phi) is 4.56. The lowest BCUT2D eigenvalue weighted by Crippen LogP contribution is -2.22. The molecule has 0 saturated carbocycles. The van der Waals surface area contributed by atoms with Gasteiger partial charge in [-0.15, -0.1) is 0 Å². The highest BCUT2D eigenvalue weighted by molar-refractivity contribution is 5.86. The van der Waals surface area contributed by atoms with E-state index in [0.29, 0.717) is 6.42 Å². The third kappa shape index (κ3) is 3.59. The second kappa shape index (κ2) is 6.79. The van der Waals surface area contributed by atoms with E-state index in [1.807, 2.05) is 56.4 Å². The number of carboxylic acid groups (broad SMARTS) is 1. The molecular weight excluding hydrogens is 302 g/mol. The number of aromatic nitrogens is 1. The number of ether oxygens (including phenoxy) is 1. The van der Waals surface area contributed by atoms with Crippen molar-refractivity contribution in [3.8, 4) is 16.9 Å². The lowest BCUT2D eigenvalue weighted by molar-refractivity contribution is -0.305. The molecule has 0 unspecified atom stereocenters. The van der Waals surface area contributed by atoms with Gasteiger partial charge in [0.1, 0.15) is 5.75 Å². The number of benzene rings is 2. The van der Waals surface area contributed by atoms with Gasteiger partial charge in [0, 0.05) is 23.2 Å². The topological polar surface area (TPSA) is 65.2 Å². The Bertz CT molecular complexity index is 864. The van der Waals surface area contributed by atoms with E-state index in [2.05, 4.69) is 11.1 Å². The summed E-state index contributed by atoms with van der Waals surface area (Å²) in [6.07, 6.45) is 2.44. The predicted octanol–water partition coefficient (Wildman–Crippen LogP) is 3.30. The lowest BCUT2D eigenvalue weighted by Gasteiger charge is -2.16. The van der Waals surface area contributed by atoms with Gasteiger partial charge in [0.2, 0.25) is 0 Å². The standard InChI is InChI=1S/C20H21NO3/c1-13(2)24-19-7-3-14(4-8-20(22)23)11-17(19)15-5-6-18-16(12-15)9-10-21-18/h3,5-7,9-13,21H,4,8H2,1-2H3,(H,22,23)/p-1. The van der Waals surface area contributed by atoms with Crippen molar-refractivity contribution in [2.24, 2.45) is 0 Å². The number of carboxylic acids is 1. The van der Waals surface area contributed by atoms with Crippen LogP contribution < -0.4 is 9.84 Å². The second-order valence-corrected chi connectivity index (χ2v) is 6.15. The highest BCUT2D eigenvalue weighted by Gasteiger charge is 2.10. The molecule has 0 aliphatic rings. The number of hydrogen-bond donors (Lipinski definition) is 1. The number of rotatable bonds is 6. The van der Waals surface area contributed by atoms with Crippen LogP contribution in [0.3, 0.4) is 0 Å². The van der Waals surface area contributed by atoms with E-state index in [-0.39, 0.29) is 12.5 Å². The van der Waals surface area contributed by atoms with Gasteiger partial charge < -0.3 is 19.6 Å². The first kappa shape index (κ1) is 16.1. The summed E-state index contributed by atoms with van der Waals surface area (Å²) < 4.78 is 5.94. The zero-order valence-corrected chi connectivity index (χ0v) is 13.8. The van der Waals surface area contributed by atoms with Crippen molar-refractivity contribution in [1.29, 1.82) is 0 Å². The van der Waals surface area contributed by atoms with Gasteiger partial charge in [-0.25, -0.2) is 0 Å². The van der Waals surface area contributed by atoms with E-state index in [0.717, 1.165) is 33.3 Å². The predicted molar refractivity (Wildman–Crippen MR) is 92.8 cm³/mol. The maximum Gasteiger partial charge on any atom is 0.127 e. The number of H-pyrrole nitrogens is 1. The summed E-state index contributed by atoms with van der Waals surface area (Å²) in [5, 5.41) is 11.8. The summed E-state index contributed by atoms with van der Waals surface area (Å²) >= 11 is 0. The Balaban J connectivity index is 2.03. The van der Waals surface area contributed by atoms with E-state index < -0.39 is 5.97 Å². The Morgan fingerprint density at radius 3 is 2.75 bits per heavy atom. The number of aliphatic carboxylic acids is 1. The highest BCUT2D eigenvalue weighted by Crippen LogP contribution is 2.33. The summed E-state index contributed by atoms with van der Waals surface area (Å²) in [5.74, 6) is -0.232. The number of fused-ring (bicyclic) bond motifs is 1. The fourth-order valence-corrected chi connectivity index (χ4v) is 2.78. The SMILES string of the molecule is CC(C)Oc1ccc(CCC(=O)[O-])cc1-c1ccc2[nH]ccc2c1. The molecule has 0 amide bonds. The fourth-order valence-electron chi connectivity index (χ4n) is 2.78. The molecule has 0 aliphatic heterocycles. The van der Waals surface area contributed by atoms with E-state index in [1.165, 1.54) is 0 Å². The van der Waals surface area contributed by atoms with E-state index in [9.17, 15) is 9.90 Å². The maximum atomic E-state index is 10.7. The monoisotopic (exact) mass is 322 g/mol. The largest absolute Gasteiger partial charge is 0.550 e. The molecule has 4 nitrogen and oxygen atoms in total. The van der Waals surface area contributed by atoms with Gasteiger partial charge in [-0.1, -0.05) is 12.1 Å². The van der Waals surface area contributed by atoms with Crippen LogP contribution in [0.1, 0.15) is 25.8 Å². The van der Waals surface area contributed by atoms with Crippen molar-refractivity contribution >= 4 is 16.9 Å². The average molecular weight is 322 g/mol. The number of aryl methyl sites for hydroxylation is 1. The zero-order valence-electron chi connectivity index (χ0n) is 13.8. The van der Waals surface area contributed by atoms with Crippen molar-refractivity contribution in [1.82, 2.24) is 4.98 Å². The van der Waals surface area contributed by atoms with E-state index >= 15 is 0 Å². The maximum absolute atomic E-state index is 10.7. The van der Waals surface area contributed by atoms with E-state index in [1.54, 1.807) is 0 Å². The summed E-state index contributed by atoms with van der Waals surface area (Å²) in [6.45, 7) is 3.98. The molecule has 0 radical (unpaired) electrons. The number of carbonyl (C=O) groups excluding carboxylic acids is 1. The van der Waals surface area contributed by atoms with Crippen molar-refractivity contribution in [3.63, 3.8) is 0 Å². The van der Waals surface area contributed by atoms with Crippen molar-refractivity contribution in [2.45, 2.75) is 32.8 Å². The van der Waals surface area contributed by atoms with Crippen molar-refractivity contribution in [2.75, 3.05) is 0 Å². The molecule has 1 N–H and O–H groups in total. The molecule has 0 atom stereocenters. The molecule has 124 valence electrons. The van der Waals surface area contributed by atoms with Crippen LogP contribution >= 0.6 is 0 Å². The van der Waals surface area contributed by atoms with Gasteiger partial charge in [-0.2, -0.15) is 0 Å². The molecular formula is C20H20NO3-. The van der Waals surface area contributed by atoms with Crippen molar-refractivity contribution < 1.29 is 14.6 Å². The lowest BCUT2D eigenvalue weighted by atomic mass is 9.98. The Hall–Kier alpha value is -2.75. The van der Waals surface area contributed by atoms with Gasteiger partial charge in [0.05, 0.1) is 6.10 Å². The molecule has 1 aromatic heterocycles. The molecule has 3 rings (SSSR count). The second-order valence-electron chi connectivity index (χ2n) is 6.15. The van der Waals surface area contributed by atoms with Crippen LogP contribution in [-0.4, -0.2) is 17.1 Å². The summed E-state index contributed by atoms with van der Waals surface area (Å²) in [5.41, 5.74) is 4.06. The van der Waals surface area contributed by atoms with Gasteiger partial charge >= 0.3 is 0 Å². The van der Waals surface area contributed by atoms with Crippen LogP contribution in [0, 0.1) is 0 Å². The summed E-state index contributed by atoms with van der Waals surface area (Å²) in [7, 11) is 0. The quantitative estimate of drug-likeness (QED) is 0.757. The van der Waals surface area contributed by atoms with Crippen LogP contribution in [0.25, 0.3) is 22.0 Å². The third-order valence-corrected chi connectivity index (χ3v) is 3.89. The molecule has 0 bridgehead atoms. The zero-order chi connectivity index (χ0) is 17.1. The first-order valence-electron chi connectivity index (χ1n) is 8.10. The molecule has 0 aliphatic carbocycles. The molecule has 3 aromatic rings. The molecule has 24 heavy (non-hydrogen) atoms. The Morgan fingerprint density at radius 2 is 2.00 bits per heavy atom. The number of carbonyl (C=O) groups is 1. The highest BCUT2D eigenvalue weighted by atomic mass is 16.5. The summed E-state index contributed by atoms with van der Waals surface area (Å²) in [4.78, 5) is 13.9. The van der Waals surface area contributed by atoms with Crippen LogP contribution in [0.15, 0.2) is 48.7 Å². The summed E-state index contributed by atoms with van der Waals surface area (Å²) in [6, 6.07) is 14.1. The van der Waals surface area contributed by atoms with Crippen LogP contribution in [-0.2, 0) is 11.2 Å². The molecule has 2 aromatic carbocycles. The minimum Gasteiger partial charge on any atom is -0.550 e. The molecule has 4 heteroatoms. The van der Waals surface area contributed by atoms with E-state index in [4.69, 9.17) is 4.74 Å². The average Bonchev–Trinajstić information content (AvgIpc) is 3.00. The number of aromatic amines is 1.